The molecule has 0 unspecified atom stereocenters. The van der Waals surface area contributed by atoms with E-state index in [0.29, 0.717) is 22.6 Å². The standard InChI is InChI=1S/C31H24ClN3O3S/c1-21-8-15-27(16-9-21)35(39(37)38)31(36)25-14-17-29-30(19-25)34(22(2)33-29)20-26-13-12-24(18-28(26)32)11-10-23-6-4-3-5-7-23/h3-9,12-19,39H,20H2,1-2H3. The smallest absolute Gasteiger partial charge is 0.271 e. The highest BCUT2D eigenvalue weighted by atomic mass is 35.5. The Kier molecular flexibility index (Phi) is 7.51. The predicted molar refractivity (Wildman–Crippen MR) is 156 cm³/mol. The summed E-state index contributed by atoms with van der Waals surface area (Å²) in [6.45, 7) is 4.19. The van der Waals surface area contributed by atoms with Gasteiger partial charge in [-0.05, 0) is 74.0 Å². The number of fused-ring (bicyclic) bond motifs is 1. The Bertz CT molecular complexity index is 1820. The Morgan fingerprint density at radius 1 is 0.897 bits per heavy atom. The van der Waals surface area contributed by atoms with Crippen molar-refractivity contribution >= 4 is 45.1 Å². The Balaban J connectivity index is 1.46. The van der Waals surface area contributed by atoms with Gasteiger partial charge in [0.05, 0.1) is 23.3 Å². The minimum atomic E-state index is -3.19. The lowest BCUT2D eigenvalue weighted by Crippen LogP contribution is -2.29. The van der Waals surface area contributed by atoms with Crippen LogP contribution in [0.25, 0.3) is 11.0 Å². The third-order valence-electron chi connectivity index (χ3n) is 6.33. The molecule has 0 aliphatic rings. The van der Waals surface area contributed by atoms with E-state index in [1.54, 1.807) is 42.5 Å². The van der Waals surface area contributed by atoms with Crippen LogP contribution in [0.1, 0.15) is 38.4 Å². The highest BCUT2D eigenvalue weighted by molar-refractivity contribution is 7.75. The zero-order valence-corrected chi connectivity index (χ0v) is 22.9. The van der Waals surface area contributed by atoms with Crippen molar-refractivity contribution in [2.75, 3.05) is 4.31 Å². The van der Waals surface area contributed by atoms with Gasteiger partial charge in [0.15, 0.2) is 0 Å². The summed E-state index contributed by atoms with van der Waals surface area (Å²) in [5.41, 5.74) is 5.47. The molecular formula is C31H24ClN3O3S. The molecule has 0 fully saturated rings. The fourth-order valence-corrected chi connectivity index (χ4v) is 5.09. The molecule has 1 heterocycles. The molecule has 194 valence electrons. The first-order valence-electron chi connectivity index (χ1n) is 12.2. The van der Waals surface area contributed by atoms with Crippen molar-refractivity contribution in [1.29, 1.82) is 0 Å². The number of anilines is 1. The number of thiol groups is 1. The van der Waals surface area contributed by atoms with Gasteiger partial charge in [0.1, 0.15) is 5.82 Å². The first-order chi connectivity index (χ1) is 18.8. The highest BCUT2D eigenvalue weighted by Crippen LogP contribution is 2.25. The van der Waals surface area contributed by atoms with Crippen LogP contribution in [0.5, 0.6) is 0 Å². The predicted octanol–water partition coefficient (Wildman–Crippen LogP) is 5.93. The molecule has 6 nitrogen and oxygen atoms in total. The zero-order valence-electron chi connectivity index (χ0n) is 21.3. The van der Waals surface area contributed by atoms with Gasteiger partial charge in [-0.3, -0.25) is 4.79 Å². The van der Waals surface area contributed by atoms with E-state index in [2.05, 4.69) is 16.8 Å². The van der Waals surface area contributed by atoms with E-state index in [9.17, 15) is 13.2 Å². The monoisotopic (exact) mass is 553 g/mol. The second kappa shape index (κ2) is 11.2. The first-order valence-corrected chi connectivity index (χ1v) is 13.7. The molecule has 0 saturated carbocycles. The molecule has 0 aliphatic carbocycles. The summed E-state index contributed by atoms with van der Waals surface area (Å²) < 4.78 is 26.9. The number of hydrogen-bond acceptors (Lipinski definition) is 4. The molecule has 1 amide bonds. The van der Waals surface area contributed by atoms with Crippen molar-refractivity contribution in [3.05, 3.63) is 130 Å². The second-order valence-electron chi connectivity index (χ2n) is 9.06. The summed E-state index contributed by atoms with van der Waals surface area (Å²) in [4.78, 5) is 17.9. The minimum Gasteiger partial charge on any atom is -0.324 e. The molecule has 0 atom stereocenters. The molecule has 0 N–H and O–H groups in total. The minimum absolute atomic E-state index is 0.237. The maximum atomic E-state index is 13.3. The van der Waals surface area contributed by atoms with Crippen LogP contribution in [-0.2, 0) is 17.4 Å². The number of halogens is 1. The molecule has 0 radical (unpaired) electrons. The van der Waals surface area contributed by atoms with Crippen molar-refractivity contribution in [3.8, 4) is 11.8 Å². The first kappa shape index (κ1) is 26.2. The van der Waals surface area contributed by atoms with E-state index >= 15 is 0 Å². The Labute approximate surface area is 233 Å². The van der Waals surface area contributed by atoms with Gasteiger partial charge in [-0.25, -0.2) is 17.7 Å². The van der Waals surface area contributed by atoms with E-state index in [-0.39, 0.29) is 11.3 Å². The fraction of sp³-hybridized carbons (Fsp3) is 0.0968. The Morgan fingerprint density at radius 3 is 2.31 bits per heavy atom. The molecule has 0 spiro atoms. The number of aromatic nitrogens is 2. The van der Waals surface area contributed by atoms with Crippen molar-refractivity contribution in [2.45, 2.75) is 20.4 Å². The number of benzene rings is 4. The highest BCUT2D eigenvalue weighted by Gasteiger charge is 2.22. The molecule has 0 bridgehead atoms. The number of hydrogen-bond donors (Lipinski definition) is 1. The maximum absolute atomic E-state index is 13.3. The summed E-state index contributed by atoms with van der Waals surface area (Å²) in [5.74, 6) is 6.37. The van der Waals surface area contributed by atoms with Crippen LogP contribution in [0.3, 0.4) is 0 Å². The maximum Gasteiger partial charge on any atom is 0.271 e. The average molecular weight is 554 g/mol. The lowest BCUT2D eigenvalue weighted by molar-refractivity contribution is 0.101. The number of aryl methyl sites for hydroxylation is 2. The third-order valence-corrected chi connectivity index (χ3v) is 7.42. The number of nitrogens with zero attached hydrogens (tertiary/aromatic N) is 3. The van der Waals surface area contributed by atoms with E-state index in [0.717, 1.165) is 32.4 Å². The summed E-state index contributed by atoms with van der Waals surface area (Å²) in [5, 5.41) is 0.567. The lowest BCUT2D eigenvalue weighted by Gasteiger charge is -2.16. The van der Waals surface area contributed by atoms with Gasteiger partial charge in [0, 0.05) is 21.7 Å². The van der Waals surface area contributed by atoms with Crippen LogP contribution in [0, 0.1) is 25.7 Å². The number of carbonyl (C=O) groups is 1. The summed E-state index contributed by atoms with van der Waals surface area (Å²) in [6, 6.07) is 27.1. The third kappa shape index (κ3) is 5.73. The average Bonchev–Trinajstić information content (AvgIpc) is 3.24. The van der Waals surface area contributed by atoms with Crippen molar-refractivity contribution < 1.29 is 13.2 Å². The molecule has 8 heteroatoms. The van der Waals surface area contributed by atoms with Crippen LogP contribution >= 0.6 is 11.6 Å². The van der Waals surface area contributed by atoms with E-state index < -0.39 is 16.8 Å². The van der Waals surface area contributed by atoms with Gasteiger partial charge in [0.2, 0.25) is 10.9 Å². The van der Waals surface area contributed by atoms with Gasteiger partial charge in [-0.1, -0.05) is 65.4 Å². The van der Waals surface area contributed by atoms with Gasteiger partial charge in [-0.15, -0.1) is 0 Å². The summed E-state index contributed by atoms with van der Waals surface area (Å²) in [7, 11) is -3.19. The van der Waals surface area contributed by atoms with Gasteiger partial charge in [-0.2, -0.15) is 0 Å². The van der Waals surface area contributed by atoms with Crippen molar-refractivity contribution in [1.82, 2.24) is 9.55 Å². The summed E-state index contributed by atoms with van der Waals surface area (Å²) in [6.07, 6.45) is 0. The van der Waals surface area contributed by atoms with Gasteiger partial charge >= 0.3 is 0 Å². The zero-order chi connectivity index (χ0) is 27.5. The fourth-order valence-electron chi connectivity index (χ4n) is 4.26. The second-order valence-corrected chi connectivity index (χ2v) is 10.3. The number of carbonyl (C=O) groups excluding carboxylic acids is 1. The summed E-state index contributed by atoms with van der Waals surface area (Å²) >= 11 is 6.64. The van der Waals surface area contributed by atoms with Crippen molar-refractivity contribution in [3.63, 3.8) is 0 Å². The van der Waals surface area contributed by atoms with Crippen LogP contribution in [-0.4, -0.2) is 23.9 Å². The normalized spacial score (nSPS) is 10.9. The Hall–Kier alpha value is -4.38. The van der Waals surface area contributed by atoms with Gasteiger partial charge < -0.3 is 4.57 Å². The number of imidazole rings is 1. The van der Waals surface area contributed by atoms with Crippen LogP contribution in [0.15, 0.2) is 91.0 Å². The van der Waals surface area contributed by atoms with E-state index in [4.69, 9.17) is 11.6 Å². The number of rotatable bonds is 5. The molecule has 5 aromatic rings. The largest absolute Gasteiger partial charge is 0.324 e. The molecular weight excluding hydrogens is 530 g/mol. The topological polar surface area (TPSA) is 72.3 Å². The SMILES string of the molecule is Cc1ccc(N(C(=O)c2ccc3nc(C)n(Cc4ccc(C#Cc5ccccc5)cc4Cl)c3c2)[SH](=O)=O)cc1. The molecule has 0 aliphatic heterocycles. The molecule has 5 rings (SSSR count). The molecule has 0 saturated heterocycles. The van der Waals surface area contributed by atoms with E-state index in [1.807, 2.05) is 66.9 Å². The van der Waals surface area contributed by atoms with Crippen LogP contribution in [0.4, 0.5) is 5.69 Å². The van der Waals surface area contributed by atoms with Crippen LogP contribution < -0.4 is 4.31 Å². The molecule has 4 aromatic carbocycles. The molecule has 39 heavy (non-hydrogen) atoms. The Morgan fingerprint density at radius 2 is 1.62 bits per heavy atom. The van der Waals surface area contributed by atoms with Crippen LogP contribution in [0.2, 0.25) is 5.02 Å². The number of amides is 1. The van der Waals surface area contributed by atoms with Gasteiger partial charge in [0.25, 0.3) is 5.91 Å². The van der Waals surface area contributed by atoms with Crippen molar-refractivity contribution in [2.24, 2.45) is 0 Å². The quantitative estimate of drug-likeness (QED) is 0.216. The van der Waals surface area contributed by atoms with E-state index in [1.165, 1.54) is 0 Å². The molecule has 1 aromatic heterocycles. The lowest BCUT2D eigenvalue weighted by atomic mass is 10.1.